The smallest absolute Gasteiger partial charge is 0.270 e. The van der Waals surface area contributed by atoms with Crippen molar-refractivity contribution in [3.8, 4) is 16.9 Å². The standard InChI is InChI=1S/C14H12N2O3/c1-15-9-11-7-12(16(18)19)8-13(14(11)17)10-5-3-2-4-6-10/h2-9,17H,1H3. The van der Waals surface area contributed by atoms with Gasteiger partial charge in [0.1, 0.15) is 5.75 Å². The van der Waals surface area contributed by atoms with Crippen LogP contribution in [0.2, 0.25) is 0 Å². The Morgan fingerprint density at radius 2 is 1.95 bits per heavy atom. The summed E-state index contributed by atoms with van der Waals surface area (Å²) in [6, 6.07) is 11.7. The first kappa shape index (κ1) is 12.8. The summed E-state index contributed by atoms with van der Waals surface area (Å²) in [4.78, 5) is 14.2. The zero-order chi connectivity index (χ0) is 13.8. The molecule has 0 aliphatic heterocycles. The largest absolute Gasteiger partial charge is 0.507 e. The summed E-state index contributed by atoms with van der Waals surface area (Å²) in [5.74, 6) is -0.0117. The second-order valence-corrected chi connectivity index (χ2v) is 3.94. The lowest BCUT2D eigenvalue weighted by Crippen LogP contribution is -1.93. The maximum Gasteiger partial charge on any atom is 0.270 e. The van der Waals surface area contributed by atoms with Gasteiger partial charge in [-0.15, -0.1) is 0 Å². The van der Waals surface area contributed by atoms with Crippen LogP contribution in [0.3, 0.4) is 0 Å². The molecular weight excluding hydrogens is 244 g/mol. The summed E-state index contributed by atoms with van der Waals surface area (Å²) in [5.41, 5.74) is 1.39. The van der Waals surface area contributed by atoms with Gasteiger partial charge in [-0.25, -0.2) is 0 Å². The molecule has 2 aromatic rings. The lowest BCUT2D eigenvalue weighted by Gasteiger charge is -2.07. The number of phenols is 1. The quantitative estimate of drug-likeness (QED) is 0.521. The van der Waals surface area contributed by atoms with Crippen molar-refractivity contribution in [3.63, 3.8) is 0 Å². The number of aromatic hydroxyl groups is 1. The van der Waals surface area contributed by atoms with Crippen LogP contribution < -0.4 is 0 Å². The molecule has 0 aliphatic rings. The van der Waals surface area contributed by atoms with Crippen LogP contribution in [-0.2, 0) is 0 Å². The van der Waals surface area contributed by atoms with Crippen molar-refractivity contribution in [2.45, 2.75) is 0 Å². The average Bonchev–Trinajstić information content (AvgIpc) is 2.42. The number of benzene rings is 2. The molecule has 0 radical (unpaired) electrons. The molecule has 1 N–H and O–H groups in total. The van der Waals surface area contributed by atoms with Gasteiger partial charge in [0, 0.05) is 36.5 Å². The average molecular weight is 256 g/mol. The Labute approximate surface area is 110 Å². The molecule has 5 nitrogen and oxygen atoms in total. The number of phenolic OH excluding ortho intramolecular Hbond substituents is 1. The van der Waals surface area contributed by atoms with E-state index in [1.807, 2.05) is 6.07 Å². The number of non-ortho nitro benzene ring substituents is 1. The van der Waals surface area contributed by atoms with Gasteiger partial charge in [-0.1, -0.05) is 30.3 Å². The minimum atomic E-state index is -0.487. The monoisotopic (exact) mass is 256 g/mol. The zero-order valence-corrected chi connectivity index (χ0v) is 10.3. The summed E-state index contributed by atoms with van der Waals surface area (Å²) < 4.78 is 0. The molecule has 0 fully saturated rings. The van der Waals surface area contributed by atoms with Crippen molar-refractivity contribution >= 4 is 11.9 Å². The number of nitrogens with zero attached hydrogens (tertiary/aromatic N) is 2. The van der Waals surface area contributed by atoms with Crippen LogP contribution in [-0.4, -0.2) is 23.3 Å². The molecule has 0 aromatic heterocycles. The van der Waals surface area contributed by atoms with Crippen LogP contribution in [0.25, 0.3) is 11.1 Å². The fourth-order valence-electron chi connectivity index (χ4n) is 1.82. The van der Waals surface area contributed by atoms with Crippen molar-refractivity contribution < 1.29 is 10.0 Å². The summed E-state index contributed by atoms with van der Waals surface area (Å²) >= 11 is 0. The van der Waals surface area contributed by atoms with Gasteiger partial charge < -0.3 is 5.11 Å². The summed E-state index contributed by atoms with van der Waals surface area (Å²) in [6.45, 7) is 0. The minimum absolute atomic E-state index is 0.0117. The second-order valence-electron chi connectivity index (χ2n) is 3.94. The van der Waals surface area contributed by atoms with Crippen molar-refractivity contribution in [1.82, 2.24) is 0 Å². The molecular formula is C14H12N2O3. The summed E-state index contributed by atoms with van der Waals surface area (Å²) in [5, 5.41) is 21.1. The SMILES string of the molecule is CN=Cc1cc([N+](=O)[O-])cc(-c2ccccc2)c1O. The van der Waals surface area contributed by atoms with E-state index in [-0.39, 0.29) is 11.4 Å². The number of nitro groups is 1. The van der Waals surface area contributed by atoms with E-state index in [9.17, 15) is 15.2 Å². The fourth-order valence-corrected chi connectivity index (χ4v) is 1.82. The van der Waals surface area contributed by atoms with E-state index in [1.165, 1.54) is 18.3 Å². The molecule has 0 aliphatic carbocycles. The minimum Gasteiger partial charge on any atom is -0.507 e. The number of rotatable bonds is 3. The van der Waals surface area contributed by atoms with Gasteiger partial charge >= 0.3 is 0 Å². The normalized spacial score (nSPS) is 10.8. The Balaban J connectivity index is 2.69. The lowest BCUT2D eigenvalue weighted by atomic mass is 10.0. The highest BCUT2D eigenvalue weighted by molar-refractivity contribution is 5.90. The number of hydrogen-bond acceptors (Lipinski definition) is 4. The fraction of sp³-hybridized carbons (Fsp3) is 0.0714. The van der Waals surface area contributed by atoms with Gasteiger partial charge in [0.25, 0.3) is 5.69 Å². The third-order valence-corrected chi connectivity index (χ3v) is 2.69. The first-order valence-electron chi connectivity index (χ1n) is 5.62. The van der Waals surface area contributed by atoms with Crippen molar-refractivity contribution in [2.24, 2.45) is 4.99 Å². The number of hydrogen-bond donors (Lipinski definition) is 1. The lowest BCUT2D eigenvalue weighted by molar-refractivity contribution is -0.384. The second kappa shape index (κ2) is 5.30. The third-order valence-electron chi connectivity index (χ3n) is 2.69. The molecule has 0 bridgehead atoms. The van der Waals surface area contributed by atoms with Crippen molar-refractivity contribution in [1.29, 1.82) is 0 Å². The third kappa shape index (κ3) is 2.60. The molecule has 0 unspecified atom stereocenters. The molecule has 0 heterocycles. The maximum atomic E-state index is 10.9. The summed E-state index contributed by atoms with van der Waals surface area (Å²) in [7, 11) is 1.54. The van der Waals surface area contributed by atoms with E-state index in [0.717, 1.165) is 5.56 Å². The number of nitro benzene ring substituents is 1. The van der Waals surface area contributed by atoms with Crippen molar-refractivity contribution in [3.05, 3.63) is 58.1 Å². The van der Waals surface area contributed by atoms with Gasteiger partial charge in [-0.3, -0.25) is 15.1 Å². The molecule has 2 rings (SSSR count). The number of aliphatic imine (C=N–C) groups is 1. The van der Waals surface area contributed by atoms with Crippen LogP contribution in [0.15, 0.2) is 47.5 Å². The molecule has 5 heteroatoms. The Hall–Kier alpha value is -2.69. The highest BCUT2D eigenvalue weighted by atomic mass is 16.6. The molecule has 96 valence electrons. The van der Waals surface area contributed by atoms with Crippen LogP contribution in [0, 0.1) is 10.1 Å². The Kier molecular flexibility index (Phi) is 3.56. The molecule has 19 heavy (non-hydrogen) atoms. The Morgan fingerprint density at radius 1 is 1.26 bits per heavy atom. The first-order valence-corrected chi connectivity index (χ1v) is 5.62. The Bertz CT molecular complexity index is 637. The van der Waals surface area contributed by atoms with Crippen LogP contribution in [0.4, 0.5) is 5.69 Å². The molecule has 0 atom stereocenters. The van der Waals surface area contributed by atoms with Crippen LogP contribution in [0.1, 0.15) is 5.56 Å². The Morgan fingerprint density at radius 3 is 2.53 bits per heavy atom. The van der Waals surface area contributed by atoms with Gasteiger partial charge in [-0.05, 0) is 5.56 Å². The molecule has 0 amide bonds. The van der Waals surface area contributed by atoms with E-state index in [1.54, 1.807) is 31.3 Å². The first-order chi connectivity index (χ1) is 9.13. The van der Waals surface area contributed by atoms with E-state index in [0.29, 0.717) is 11.1 Å². The van der Waals surface area contributed by atoms with Gasteiger partial charge in [0.05, 0.1) is 4.92 Å². The zero-order valence-electron chi connectivity index (χ0n) is 10.3. The van der Waals surface area contributed by atoms with E-state index in [2.05, 4.69) is 4.99 Å². The molecule has 0 saturated carbocycles. The maximum absolute atomic E-state index is 10.9. The highest BCUT2D eigenvalue weighted by Gasteiger charge is 2.16. The summed E-state index contributed by atoms with van der Waals surface area (Å²) in [6.07, 6.45) is 1.40. The van der Waals surface area contributed by atoms with Gasteiger partial charge in [-0.2, -0.15) is 0 Å². The van der Waals surface area contributed by atoms with Gasteiger partial charge in [0.15, 0.2) is 0 Å². The predicted molar refractivity (Wildman–Crippen MR) is 73.7 cm³/mol. The van der Waals surface area contributed by atoms with Crippen molar-refractivity contribution in [2.75, 3.05) is 7.05 Å². The topological polar surface area (TPSA) is 75.7 Å². The highest BCUT2D eigenvalue weighted by Crippen LogP contribution is 2.35. The van der Waals surface area contributed by atoms with E-state index in [4.69, 9.17) is 0 Å². The molecule has 0 spiro atoms. The molecule has 2 aromatic carbocycles. The molecule has 0 saturated heterocycles. The van der Waals surface area contributed by atoms with Gasteiger partial charge in [0.2, 0.25) is 0 Å². The van der Waals surface area contributed by atoms with E-state index >= 15 is 0 Å². The van der Waals surface area contributed by atoms with E-state index < -0.39 is 4.92 Å². The van der Waals surface area contributed by atoms with Crippen LogP contribution >= 0.6 is 0 Å². The predicted octanol–water partition coefficient (Wildman–Crippen LogP) is 3.02. The van der Waals surface area contributed by atoms with Crippen LogP contribution in [0.5, 0.6) is 5.75 Å².